The summed E-state index contributed by atoms with van der Waals surface area (Å²) in [5, 5.41) is 0. The topological polar surface area (TPSA) is 74.8 Å². The number of nitrogens with zero attached hydrogens (tertiary/aromatic N) is 2. The summed E-state index contributed by atoms with van der Waals surface area (Å²) in [7, 11) is 0. The molecule has 200 valence electrons. The summed E-state index contributed by atoms with van der Waals surface area (Å²) in [5.41, 5.74) is 0.0797. The number of carbonyl (C=O) groups excluding carboxylic acids is 4. The first-order valence-electron chi connectivity index (χ1n) is 13.9. The largest absolute Gasteiger partial charge is 0.342 e. The molecule has 2 heterocycles. The van der Waals surface area contributed by atoms with Crippen LogP contribution in [0.15, 0.2) is 0 Å². The Hall–Kier alpha value is -1.72. The van der Waals surface area contributed by atoms with Gasteiger partial charge < -0.3 is 4.90 Å². The van der Waals surface area contributed by atoms with Gasteiger partial charge >= 0.3 is 0 Å². The quantitative estimate of drug-likeness (QED) is 0.242. The SMILES string of the molecule is CC(C)(C)C1CC(=O)N(CCCCCC(=O)CCCCCCC(=O)N2CC[C@H](C(C)(C)C)C2)C1=O. The second-order valence-corrected chi connectivity index (χ2v) is 13.0. The lowest BCUT2D eigenvalue weighted by Crippen LogP contribution is -2.34. The summed E-state index contributed by atoms with van der Waals surface area (Å²) >= 11 is 0. The minimum atomic E-state index is -0.212. The molecule has 0 aliphatic carbocycles. The van der Waals surface area contributed by atoms with E-state index in [2.05, 4.69) is 20.8 Å². The third kappa shape index (κ3) is 9.34. The van der Waals surface area contributed by atoms with E-state index in [-0.39, 0.29) is 28.6 Å². The molecule has 2 saturated heterocycles. The number of likely N-dealkylation sites (tertiary alicyclic amines) is 2. The van der Waals surface area contributed by atoms with E-state index in [4.69, 9.17) is 0 Å². The molecule has 2 atom stereocenters. The van der Waals surface area contributed by atoms with Gasteiger partial charge in [-0.25, -0.2) is 0 Å². The van der Waals surface area contributed by atoms with Crippen LogP contribution in [0.4, 0.5) is 0 Å². The molecule has 1 unspecified atom stereocenters. The van der Waals surface area contributed by atoms with Crippen LogP contribution in [-0.2, 0) is 19.2 Å². The Morgan fingerprint density at radius 1 is 0.800 bits per heavy atom. The predicted molar refractivity (Wildman–Crippen MR) is 140 cm³/mol. The highest BCUT2D eigenvalue weighted by atomic mass is 16.2. The van der Waals surface area contributed by atoms with E-state index in [9.17, 15) is 19.2 Å². The van der Waals surface area contributed by atoms with Crippen LogP contribution < -0.4 is 0 Å². The molecular weight excluding hydrogens is 440 g/mol. The number of ketones is 1. The molecule has 2 fully saturated rings. The lowest BCUT2D eigenvalue weighted by molar-refractivity contribution is -0.140. The summed E-state index contributed by atoms with van der Waals surface area (Å²) in [6.07, 6.45) is 9.51. The fourth-order valence-electron chi connectivity index (χ4n) is 5.29. The van der Waals surface area contributed by atoms with Crippen molar-refractivity contribution in [3.05, 3.63) is 0 Å². The molecule has 0 radical (unpaired) electrons. The van der Waals surface area contributed by atoms with Crippen molar-refractivity contribution in [2.45, 2.75) is 119 Å². The summed E-state index contributed by atoms with van der Waals surface area (Å²) in [4.78, 5) is 52.8. The first-order valence-corrected chi connectivity index (χ1v) is 13.9. The average Bonchev–Trinajstić information content (AvgIpc) is 3.36. The fourth-order valence-corrected chi connectivity index (χ4v) is 5.29. The van der Waals surface area contributed by atoms with E-state index in [0.717, 1.165) is 64.5 Å². The van der Waals surface area contributed by atoms with E-state index in [1.54, 1.807) is 0 Å². The Balaban J connectivity index is 1.47. The van der Waals surface area contributed by atoms with Crippen LogP contribution >= 0.6 is 0 Å². The van der Waals surface area contributed by atoms with Gasteiger partial charge in [0.15, 0.2) is 0 Å². The zero-order valence-electron chi connectivity index (χ0n) is 23.3. The van der Waals surface area contributed by atoms with E-state index in [0.29, 0.717) is 49.8 Å². The van der Waals surface area contributed by atoms with Crippen molar-refractivity contribution in [1.29, 1.82) is 0 Å². The van der Waals surface area contributed by atoms with E-state index in [1.165, 1.54) is 4.90 Å². The van der Waals surface area contributed by atoms with Crippen molar-refractivity contribution in [2.24, 2.45) is 22.7 Å². The second-order valence-electron chi connectivity index (χ2n) is 13.0. The molecule has 35 heavy (non-hydrogen) atoms. The minimum Gasteiger partial charge on any atom is -0.342 e. The van der Waals surface area contributed by atoms with Gasteiger partial charge in [-0.1, -0.05) is 60.8 Å². The van der Waals surface area contributed by atoms with Crippen molar-refractivity contribution < 1.29 is 19.2 Å². The Kier molecular flexibility index (Phi) is 11.0. The number of Topliss-reactive ketones (excluding diaryl/α,β-unsaturated/α-hetero) is 1. The number of imide groups is 1. The molecule has 0 spiro atoms. The van der Waals surface area contributed by atoms with Gasteiger partial charge in [0.25, 0.3) is 0 Å². The second kappa shape index (κ2) is 13.0. The molecule has 0 aromatic heterocycles. The molecule has 0 bridgehead atoms. The molecule has 2 aliphatic heterocycles. The van der Waals surface area contributed by atoms with E-state index < -0.39 is 0 Å². The maximum absolute atomic E-state index is 12.5. The third-order valence-corrected chi connectivity index (χ3v) is 7.99. The van der Waals surface area contributed by atoms with Crippen LogP contribution in [0.25, 0.3) is 0 Å². The zero-order valence-corrected chi connectivity index (χ0v) is 23.3. The van der Waals surface area contributed by atoms with Crippen molar-refractivity contribution in [2.75, 3.05) is 19.6 Å². The van der Waals surface area contributed by atoms with Gasteiger partial charge in [-0.15, -0.1) is 0 Å². The van der Waals surface area contributed by atoms with Crippen molar-refractivity contribution in [1.82, 2.24) is 9.80 Å². The zero-order chi connectivity index (χ0) is 26.2. The number of carbonyl (C=O) groups is 4. The lowest BCUT2D eigenvalue weighted by atomic mass is 9.80. The molecule has 6 heteroatoms. The highest BCUT2D eigenvalue weighted by Crippen LogP contribution is 2.36. The molecular formula is C29H50N2O4. The number of unbranched alkanes of at least 4 members (excludes halogenated alkanes) is 5. The Labute approximate surface area is 213 Å². The van der Waals surface area contributed by atoms with Crippen LogP contribution in [0.1, 0.15) is 119 Å². The van der Waals surface area contributed by atoms with Gasteiger partial charge in [-0.3, -0.25) is 24.1 Å². The molecule has 2 aliphatic rings. The highest BCUT2D eigenvalue weighted by Gasteiger charge is 2.44. The van der Waals surface area contributed by atoms with Crippen LogP contribution in [0.5, 0.6) is 0 Å². The number of hydrogen-bond acceptors (Lipinski definition) is 4. The molecule has 0 saturated carbocycles. The fraction of sp³-hybridized carbons (Fsp3) is 0.862. The third-order valence-electron chi connectivity index (χ3n) is 7.99. The maximum Gasteiger partial charge on any atom is 0.233 e. The molecule has 3 amide bonds. The normalized spacial score (nSPS) is 21.3. The summed E-state index contributed by atoms with van der Waals surface area (Å²) in [6.45, 7) is 15.1. The van der Waals surface area contributed by atoms with Gasteiger partial charge in [0.2, 0.25) is 17.7 Å². The van der Waals surface area contributed by atoms with Gasteiger partial charge in [-0.2, -0.15) is 0 Å². The standard InChI is InChI=1S/C29H50N2O4/c1-28(2,3)22-17-19-30(21-22)25(33)16-12-8-7-10-14-23(32)15-11-9-13-18-31-26(34)20-24(27(31)35)29(4,5)6/h22,24H,7-21H2,1-6H3/t22-,24?/m0/s1. The van der Waals surface area contributed by atoms with Crippen molar-refractivity contribution >= 4 is 23.5 Å². The lowest BCUT2D eigenvalue weighted by Gasteiger charge is -2.27. The maximum atomic E-state index is 12.5. The Morgan fingerprint density at radius 3 is 1.89 bits per heavy atom. The minimum absolute atomic E-state index is 0.0326. The smallest absolute Gasteiger partial charge is 0.233 e. The highest BCUT2D eigenvalue weighted by molar-refractivity contribution is 6.03. The van der Waals surface area contributed by atoms with Crippen molar-refractivity contribution in [3.63, 3.8) is 0 Å². The molecule has 2 rings (SSSR count). The summed E-state index contributed by atoms with van der Waals surface area (Å²) in [5.74, 6) is 0.892. The Bertz CT molecular complexity index is 747. The first kappa shape index (κ1) is 29.5. The van der Waals surface area contributed by atoms with Crippen LogP contribution in [0, 0.1) is 22.7 Å². The molecule has 0 aromatic carbocycles. The van der Waals surface area contributed by atoms with E-state index in [1.807, 2.05) is 25.7 Å². The first-order chi connectivity index (χ1) is 16.3. The van der Waals surface area contributed by atoms with Gasteiger partial charge in [0, 0.05) is 45.3 Å². The van der Waals surface area contributed by atoms with Gasteiger partial charge in [0.05, 0.1) is 5.92 Å². The predicted octanol–water partition coefficient (Wildman–Crippen LogP) is 5.77. The number of rotatable bonds is 13. The van der Waals surface area contributed by atoms with Crippen molar-refractivity contribution in [3.8, 4) is 0 Å². The average molecular weight is 491 g/mol. The Morgan fingerprint density at radius 2 is 1.37 bits per heavy atom. The summed E-state index contributed by atoms with van der Waals surface area (Å²) in [6, 6.07) is 0. The van der Waals surface area contributed by atoms with Gasteiger partial charge in [0.1, 0.15) is 5.78 Å². The van der Waals surface area contributed by atoms with E-state index >= 15 is 0 Å². The molecule has 6 nitrogen and oxygen atoms in total. The van der Waals surface area contributed by atoms with Crippen LogP contribution in [0.3, 0.4) is 0 Å². The molecule has 0 aromatic rings. The summed E-state index contributed by atoms with van der Waals surface area (Å²) < 4.78 is 0. The monoisotopic (exact) mass is 490 g/mol. The number of amides is 3. The van der Waals surface area contributed by atoms with Crippen LogP contribution in [-0.4, -0.2) is 52.9 Å². The van der Waals surface area contributed by atoms with Crippen LogP contribution in [0.2, 0.25) is 0 Å². The van der Waals surface area contributed by atoms with Gasteiger partial charge in [-0.05, 0) is 48.9 Å². The number of hydrogen-bond donors (Lipinski definition) is 0. The molecule has 0 N–H and O–H groups in total.